The standard InChI is InChI=1S/C9H19NO2/c1-2-3-8(10)9(11)4-6-12-7-5-9/h8,11H,2-7,10H2,1H3. The Morgan fingerprint density at radius 3 is 2.58 bits per heavy atom. The van der Waals surface area contributed by atoms with Crippen molar-refractivity contribution in [3.05, 3.63) is 0 Å². The van der Waals surface area contributed by atoms with Gasteiger partial charge in [-0.2, -0.15) is 0 Å². The summed E-state index contributed by atoms with van der Waals surface area (Å²) < 4.78 is 5.18. The molecule has 0 spiro atoms. The van der Waals surface area contributed by atoms with Crippen molar-refractivity contribution in [2.24, 2.45) is 5.73 Å². The first-order valence-electron chi connectivity index (χ1n) is 4.75. The van der Waals surface area contributed by atoms with E-state index >= 15 is 0 Å². The zero-order valence-electron chi connectivity index (χ0n) is 7.75. The Kier molecular flexibility index (Phi) is 3.50. The first kappa shape index (κ1) is 9.96. The first-order chi connectivity index (χ1) is 5.69. The molecule has 0 aromatic rings. The molecule has 0 radical (unpaired) electrons. The molecule has 3 heteroatoms. The molecule has 1 aliphatic heterocycles. The molecule has 0 bridgehead atoms. The summed E-state index contributed by atoms with van der Waals surface area (Å²) >= 11 is 0. The van der Waals surface area contributed by atoms with E-state index in [1.807, 2.05) is 0 Å². The van der Waals surface area contributed by atoms with Gasteiger partial charge in [0.15, 0.2) is 0 Å². The second-order valence-electron chi connectivity index (χ2n) is 3.61. The molecule has 3 N–H and O–H groups in total. The van der Waals surface area contributed by atoms with Crippen LogP contribution >= 0.6 is 0 Å². The van der Waals surface area contributed by atoms with Crippen molar-refractivity contribution in [1.29, 1.82) is 0 Å². The van der Waals surface area contributed by atoms with Gasteiger partial charge in [-0.05, 0) is 6.42 Å². The maximum atomic E-state index is 10.1. The van der Waals surface area contributed by atoms with Crippen LogP contribution < -0.4 is 5.73 Å². The normalized spacial score (nSPS) is 25.2. The summed E-state index contributed by atoms with van der Waals surface area (Å²) in [4.78, 5) is 0. The zero-order chi connectivity index (χ0) is 9.03. The third-order valence-corrected chi connectivity index (χ3v) is 2.65. The summed E-state index contributed by atoms with van der Waals surface area (Å²) in [5.41, 5.74) is 5.23. The Balaban J connectivity index is 2.44. The van der Waals surface area contributed by atoms with E-state index in [2.05, 4.69) is 6.92 Å². The van der Waals surface area contributed by atoms with E-state index in [4.69, 9.17) is 10.5 Å². The van der Waals surface area contributed by atoms with Crippen LogP contribution in [0.25, 0.3) is 0 Å². The van der Waals surface area contributed by atoms with Crippen LogP contribution in [0.4, 0.5) is 0 Å². The molecule has 1 rings (SSSR count). The zero-order valence-corrected chi connectivity index (χ0v) is 7.75. The lowest BCUT2D eigenvalue weighted by atomic mass is 9.85. The van der Waals surface area contributed by atoms with Crippen molar-refractivity contribution < 1.29 is 9.84 Å². The fraction of sp³-hybridized carbons (Fsp3) is 1.00. The second-order valence-corrected chi connectivity index (χ2v) is 3.61. The minimum absolute atomic E-state index is 0.0774. The van der Waals surface area contributed by atoms with Crippen LogP contribution in [-0.4, -0.2) is 30.0 Å². The molecule has 0 amide bonds. The molecule has 1 atom stereocenters. The fourth-order valence-electron chi connectivity index (χ4n) is 1.68. The van der Waals surface area contributed by atoms with Crippen LogP contribution in [0, 0.1) is 0 Å². The van der Waals surface area contributed by atoms with E-state index < -0.39 is 5.60 Å². The first-order valence-corrected chi connectivity index (χ1v) is 4.75. The summed E-state index contributed by atoms with van der Waals surface area (Å²) in [7, 11) is 0. The number of hydrogen-bond acceptors (Lipinski definition) is 3. The highest BCUT2D eigenvalue weighted by molar-refractivity contribution is 4.90. The fourth-order valence-corrected chi connectivity index (χ4v) is 1.68. The van der Waals surface area contributed by atoms with Gasteiger partial charge in [0.05, 0.1) is 5.60 Å². The molecular weight excluding hydrogens is 154 g/mol. The summed E-state index contributed by atoms with van der Waals surface area (Å²) in [5.74, 6) is 0. The third-order valence-electron chi connectivity index (χ3n) is 2.65. The van der Waals surface area contributed by atoms with Gasteiger partial charge in [-0.1, -0.05) is 13.3 Å². The molecule has 1 unspecified atom stereocenters. The van der Waals surface area contributed by atoms with Crippen LogP contribution in [0.3, 0.4) is 0 Å². The number of aliphatic hydroxyl groups is 1. The van der Waals surface area contributed by atoms with E-state index in [0.717, 1.165) is 12.8 Å². The number of rotatable bonds is 3. The molecule has 1 fully saturated rings. The Hall–Kier alpha value is -0.120. The third kappa shape index (κ3) is 2.19. The summed E-state index contributed by atoms with van der Waals surface area (Å²) in [6, 6.07) is -0.0774. The van der Waals surface area contributed by atoms with Gasteiger partial charge >= 0.3 is 0 Å². The van der Waals surface area contributed by atoms with Gasteiger partial charge in [-0.3, -0.25) is 0 Å². The average molecular weight is 173 g/mol. The summed E-state index contributed by atoms with van der Waals surface area (Å²) in [6.45, 7) is 3.38. The number of ether oxygens (including phenoxy) is 1. The molecule has 1 saturated heterocycles. The van der Waals surface area contributed by atoms with E-state index in [1.54, 1.807) is 0 Å². The molecule has 0 aromatic heterocycles. The molecule has 1 aliphatic rings. The van der Waals surface area contributed by atoms with Crippen molar-refractivity contribution in [2.75, 3.05) is 13.2 Å². The number of nitrogens with two attached hydrogens (primary N) is 1. The Labute approximate surface area is 73.9 Å². The van der Waals surface area contributed by atoms with Crippen LogP contribution in [-0.2, 0) is 4.74 Å². The SMILES string of the molecule is CCCC(N)C1(O)CCOCC1. The molecule has 0 aromatic carbocycles. The minimum Gasteiger partial charge on any atom is -0.388 e. The lowest BCUT2D eigenvalue weighted by molar-refractivity contribution is -0.0794. The Morgan fingerprint density at radius 1 is 1.50 bits per heavy atom. The highest BCUT2D eigenvalue weighted by Gasteiger charge is 2.35. The molecule has 0 aliphatic carbocycles. The van der Waals surface area contributed by atoms with Crippen molar-refractivity contribution in [2.45, 2.75) is 44.2 Å². The van der Waals surface area contributed by atoms with Gasteiger partial charge in [0, 0.05) is 32.1 Å². The Bertz CT molecular complexity index is 132. The lowest BCUT2D eigenvalue weighted by Gasteiger charge is -2.37. The van der Waals surface area contributed by atoms with Gasteiger partial charge in [0.2, 0.25) is 0 Å². The highest BCUT2D eigenvalue weighted by Crippen LogP contribution is 2.25. The quantitative estimate of drug-likeness (QED) is 0.659. The van der Waals surface area contributed by atoms with Crippen LogP contribution in [0.2, 0.25) is 0 Å². The summed E-state index contributed by atoms with van der Waals surface area (Å²) in [5, 5.41) is 10.1. The topological polar surface area (TPSA) is 55.5 Å². The highest BCUT2D eigenvalue weighted by atomic mass is 16.5. The van der Waals surface area contributed by atoms with E-state index in [9.17, 15) is 5.11 Å². The molecule has 0 saturated carbocycles. The lowest BCUT2D eigenvalue weighted by Crippen LogP contribution is -2.51. The van der Waals surface area contributed by atoms with Crippen molar-refractivity contribution in [3.8, 4) is 0 Å². The second kappa shape index (κ2) is 4.21. The smallest absolute Gasteiger partial charge is 0.0841 e. The maximum absolute atomic E-state index is 10.1. The van der Waals surface area contributed by atoms with Crippen LogP contribution in [0.15, 0.2) is 0 Å². The van der Waals surface area contributed by atoms with Gasteiger partial charge in [0.1, 0.15) is 0 Å². The van der Waals surface area contributed by atoms with Crippen molar-refractivity contribution in [3.63, 3.8) is 0 Å². The molecular formula is C9H19NO2. The van der Waals surface area contributed by atoms with Gasteiger partial charge in [0.25, 0.3) is 0 Å². The average Bonchev–Trinajstić information content (AvgIpc) is 2.06. The van der Waals surface area contributed by atoms with E-state index in [0.29, 0.717) is 26.1 Å². The number of hydrogen-bond donors (Lipinski definition) is 2. The van der Waals surface area contributed by atoms with Gasteiger partial charge in [-0.15, -0.1) is 0 Å². The largest absolute Gasteiger partial charge is 0.388 e. The molecule has 72 valence electrons. The Morgan fingerprint density at radius 2 is 2.08 bits per heavy atom. The molecule has 3 nitrogen and oxygen atoms in total. The van der Waals surface area contributed by atoms with Crippen molar-refractivity contribution >= 4 is 0 Å². The van der Waals surface area contributed by atoms with Gasteiger partial charge < -0.3 is 15.6 Å². The van der Waals surface area contributed by atoms with E-state index in [1.165, 1.54) is 0 Å². The predicted molar refractivity (Wildman–Crippen MR) is 47.9 cm³/mol. The summed E-state index contributed by atoms with van der Waals surface area (Å²) in [6.07, 6.45) is 3.31. The van der Waals surface area contributed by atoms with Crippen LogP contribution in [0.1, 0.15) is 32.6 Å². The minimum atomic E-state index is -0.658. The van der Waals surface area contributed by atoms with E-state index in [-0.39, 0.29) is 6.04 Å². The predicted octanol–water partition coefficient (Wildman–Crippen LogP) is 0.655. The molecule has 12 heavy (non-hydrogen) atoms. The van der Waals surface area contributed by atoms with Crippen molar-refractivity contribution in [1.82, 2.24) is 0 Å². The maximum Gasteiger partial charge on any atom is 0.0841 e. The molecule has 1 heterocycles. The monoisotopic (exact) mass is 173 g/mol. The van der Waals surface area contributed by atoms with Crippen LogP contribution in [0.5, 0.6) is 0 Å². The van der Waals surface area contributed by atoms with Gasteiger partial charge in [-0.25, -0.2) is 0 Å².